The number of fused-ring (bicyclic) bond motifs is 1. The molecule has 0 saturated carbocycles. The van der Waals surface area contributed by atoms with Gasteiger partial charge in [-0.1, -0.05) is 59.3 Å². The third-order valence-electron chi connectivity index (χ3n) is 7.76. The Bertz CT molecular complexity index is 1730. The van der Waals surface area contributed by atoms with Gasteiger partial charge in [-0.25, -0.2) is 9.07 Å². The summed E-state index contributed by atoms with van der Waals surface area (Å²) in [5.41, 5.74) is 5.39. The molecule has 1 saturated heterocycles. The van der Waals surface area contributed by atoms with Crippen molar-refractivity contribution < 1.29 is 18.7 Å². The summed E-state index contributed by atoms with van der Waals surface area (Å²) in [6, 6.07) is 27.5. The number of nitrogens with one attached hydrogen (secondary N) is 1. The van der Waals surface area contributed by atoms with Gasteiger partial charge in [-0.15, -0.1) is 5.10 Å². The number of aromatic nitrogens is 3. The second-order valence-corrected chi connectivity index (χ2v) is 10.8. The normalized spacial score (nSPS) is 13.9. The number of carbonyl (C=O) groups excluding carboxylic acids is 2. The molecule has 5 aromatic rings. The Kier molecular flexibility index (Phi) is 8.60. The van der Waals surface area contributed by atoms with Gasteiger partial charge in [0.25, 0.3) is 5.91 Å². The average Bonchev–Trinajstić information content (AvgIpc) is 3.46. The van der Waals surface area contributed by atoms with Gasteiger partial charge < -0.3 is 19.9 Å². The molecule has 1 fully saturated rings. The molecule has 0 radical (unpaired) electrons. The summed E-state index contributed by atoms with van der Waals surface area (Å²) in [5, 5.41) is 11.4. The lowest BCUT2D eigenvalue weighted by Crippen LogP contribution is -2.42. The van der Waals surface area contributed by atoms with Crippen molar-refractivity contribution in [2.75, 3.05) is 36.5 Å². The van der Waals surface area contributed by atoms with Crippen molar-refractivity contribution in [3.8, 4) is 0 Å². The molecule has 6 rings (SSSR count). The van der Waals surface area contributed by atoms with E-state index in [-0.39, 0.29) is 30.7 Å². The molecular weight excluding hydrogens is 559 g/mol. The molecule has 9 nitrogen and oxygen atoms in total. The highest BCUT2D eigenvalue weighted by Crippen LogP contribution is 2.28. The Labute approximate surface area is 254 Å². The van der Waals surface area contributed by atoms with Gasteiger partial charge in [0.05, 0.1) is 18.7 Å². The van der Waals surface area contributed by atoms with E-state index in [1.54, 1.807) is 12.1 Å². The number of para-hydroxylation sites is 1. The Morgan fingerprint density at radius 1 is 0.932 bits per heavy atom. The molecule has 2 amide bonds. The van der Waals surface area contributed by atoms with Gasteiger partial charge in [-0.05, 0) is 66.6 Å². The van der Waals surface area contributed by atoms with Crippen LogP contribution in [-0.4, -0.2) is 58.0 Å². The number of anilines is 2. The first-order chi connectivity index (χ1) is 21.4. The fourth-order valence-electron chi connectivity index (χ4n) is 5.37. The van der Waals surface area contributed by atoms with Crippen LogP contribution in [0, 0.1) is 12.7 Å². The molecule has 0 aliphatic carbocycles. The predicted octanol–water partition coefficient (Wildman–Crippen LogP) is 5.12. The molecule has 1 N–H and O–H groups in total. The number of rotatable bonds is 9. The second-order valence-electron chi connectivity index (χ2n) is 10.8. The number of hydrogen-bond donors (Lipinski definition) is 1. The molecule has 1 atom stereocenters. The van der Waals surface area contributed by atoms with Crippen molar-refractivity contribution in [2.45, 2.75) is 26.1 Å². The van der Waals surface area contributed by atoms with Gasteiger partial charge in [-0.2, -0.15) is 0 Å². The zero-order valence-corrected chi connectivity index (χ0v) is 24.4. The number of morpholine rings is 1. The Hall–Kier alpha value is -5.09. The molecule has 224 valence electrons. The highest BCUT2D eigenvalue weighted by molar-refractivity contribution is 5.98. The van der Waals surface area contributed by atoms with Crippen molar-refractivity contribution in [1.82, 2.24) is 19.9 Å². The lowest BCUT2D eigenvalue weighted by molar-refractivity contribution is -0.140. The summed E-state index contributed by atoms with van der Waals surface area (Å²) in [6.07, 6.45) is 0. The Morgan fingerprint density at radius 2 is 1.64 bits per heavy atom. The third-order valence-corrected chi connectivity index (χ3v) is 7.76. The lowest BCUT2D eigenvalue weighted by Gasteiger charge is -2.32. The number of amides is 2. The van der Waals surface area contributed by atoms with Crippen LogP contribution in [0.4, 0.5) is 15.8 Å². The van der Waals surface area contributed by atoms with Crippen LogP contribution in [0.1, 0.15) is 22.7 Å². The molecule has 2 heterocycles. The number of ether oxygens (including phenoxy) is 1. The number of benzene rings is 4. The van der Waals surface area contributed by atoms with Crippen LogP contribution in [0.3, 0.4) is 0 Å². The van der Waals surface area contributed by atoms with E-state index in [0.29, 0.717) is 41.1 Å². The van der Waals surface area contributed by atoms with Crippen LogP contribution in [-0.2, 0) is 27.4 Å². The minimum atomic E-state index is -0.984. The Morgan fingerprint density at radius 3 is 2.36 bits per heavy atom. The van der Waals surface area contributed by atoms with Crippen LogP contribution in [0.15, 0.2) is 97.1 Å². The topological polar surface area (TPSA) is 92.6 Å². The summed E-state index contributed by atoms with van der Waals surface area (Å²) >= 11 is 0. The summed E-state index contributed by atoms with van der Waals surface area (Å²) < 4.78 is 20.8. The minimum absolute atomic E-state index is 0.0771. The number of nitrogens with zero attached hydrogens (tertiary/aromatic N) is 5. The quantitative estimate of drug-likeness (QED) is 0.255. The third kappa shape index (κ3) is 6.60. The summed E-state index contributed by atoms with van der Waals surface area (Å²) in [6.45, 7) is 4.88. The first-order valence-electron chi connectivity index (χ1n) is 14.6. The number of carbonyl (C=O) groups is 2. The minimum Gasteiger partial charge on any atom is -0.378 e. The first-order valence-corrected chi connectivity index (χ1v) is 14.6. The summed E-state index contributed by atoms with van der Waals surface area (Å²) in [7, 11) is 0. The SMILES string of the molecule is Cc1ccc(C(C(=O)Nc2ccc(N3CCOCC3)cc2)N(Cc2ccc(F)cc2)C(=O)Cn2nnc3ccccc32)cc1. The second kappa shape index (κ2) is 13.0. The maximum atomic E-state index is 14.2. The van der Waals surface area contributed by atoms with Crippen molar-refractivity contribution in [2.24, 2.45) is 0 Å². The molecule has 0 bridgehead atoms. The predicted molar refractivity (Wildman–Crippen MR) is 167 cm³/mol. The fraction of sp³-hybridized carbons (Fsp3) is 0.235. The van der Waals surface area contributed by atoms with Gasteiger partial charge in [0.2, 0.25) is 5.91 Å². The van der Waals surface area contributed by atoms with E-state index < -0.39 is 6.04 Å². The van der Waals surface area contributed by atoms with Gasteiger partial charge in [0.1, 0.15) is 23.9 Å². The van der Waals surface area contributed by atoms with E-state index in [2.05, 4.69) is 20.5 Å². The standard InChI is InChI=1S/C34H33FN6O3/c1-24-6-10-26(11-7-24)33(34(43)36-28-14-16-29(17-15-28)39-18-20-44-21-19-39)40(22-25-8-12-27(35)13-9-25)32(42)23-41-31-5-3-2-4-30(31)37-38-41/h2-17,33H,18-23H2,1H3,(H,36,43). The van der Waals surface area contributed by atoms with Crippen molar-refractivity contribution >= 4 is 34.2 Å². The van der Waals surface area contributed by atoms with E-state index in [0.717, 1.165) is 24.3 Å². The van der Waals surface area contributed by atoms with Crippen molar-refractivity contribution in [1.29, 1.82) is 0 Å². The van der Waals surface area contributed by atoms with Gasteiger partial charge in [0.15, 0.2) is 0 Å². The van der Waals surface area contributed by atoms with Crippen LogP contribution >= 0.6 is 0 Å². The average molecular weight is 593 g/mol. The molecule has 44 heavy (non-hydrogen) atoms. The molecule has 4 aromatic carbocycles. The smallest absolute Gasteiger partial charge is 0.251 e. The molecule has 10 heteroatoms. The van der Waals surface area contributed by atoms with E-state index in [9.17, 15) is 14.0 Å². The largest absolute Gasteiger partial charge is 0.378 e. The molecule has 0 spiro atoms. The lowest BCUT2D eigenvalue weighted by atomic mass is 10.0. The zero-order valence-electron chi connectivity index (χ0n) is 24.4. The van der Waals surface area contributed by atoms with E-state index in [1.807, 2.05) is 79.7 Å². The van der Waals surface area contributed by atoms with Gasteiger partial charge in [0, 0.05) is 31.0 Å². The molecule has 1 unspecified atom stereocenters. The van der Waals surface area contributed by atoms with Gasteiger partial charge in [-0.3, -0.25) is 9.59 Å². The fourth-order valence-corrected chi connectivity index (χ4v) is 5.37. The van der Waals surface area contributed by atoms with Crippen LogP contribution in [0.5, 0.6) is 0 Å². The van der Waals surface area contributed by atoms with Crippen LogP contribution < -0.4 is 10.2 Å². The molecular formula is C34H33FN6O3. The maximum absolute atomic E-state index is 14.2. The Balaban J connectivity index is 1.33. The number of hydrogen-bond acceptors (Lipinski definition) is 6. The maximum Gasteiger partial charge on any atom is 0.251 e. The summed E-state index contributed by atoms with van der Waals surface area (Å²) in [5.74, 6) is -1.09. The first kappa shape index (κ1) is 29.0. The molecule has 1 aliphatic heterocycles. The van der Waals surface area contributed by atoms with E-state index >= 15 is 0 Å². The monoisotopic (exact) mass is 592 g/mol. The highest BCUT2D eigenvalue weighted by atomic mass is 19.1. The summed E-state index contributed by atoms with van der Waals surface area (Å²) in [4.78, 5) is 32.1. The van der Waals surface area contributed by atoms with Crippen LogP contribution in [0.25, 0.3) is 11.0 Å². The van der Waals surface area contributed by atoms with Crippen LogP contribution in [0.2, 0.25) is 0 Å². The highest BCUT2D eigenvalue weighted by Gasteiger charge is 2.32. The number of aryl methyl sites for hydroxylation is 1. The molecule has 1 aliphatic rings. The van der Waals surface area contributed by atoms with E-state index in [1.165, 1.54) is 21.7 Å². The zero-order chi connectivity index (χ0) is 30.5. The van der Waals surface area contributed by atoms with E-state index in [4.69, 9.17) is 4.74 Å². The van der Waals surface area contributed by atoms with Crippen molar-refractivity contribution in [3.63, 3.8) is 0 Å². The number of halogens is 1. The van der Waals surface area contributed by atoms with Crippen molar-refractivity contribution in [3.05, 3.63) is 120 Å². The molecule has 1 aromatic heterocycles. The van der Waals surface area contributed by atoms with Gasteiger partial charge >= 0.3 is 0 Å².